The molecule has 2 aromatic heterocycles. The second-order valence-corrected chi connectivity index (χ2v) is 19.6. The van der Waals surface area contributed by atoms with Crippen molar-refractivity contribution in [3.63, 3.8) is 0 Å². The lowest BCUT2D eigenvalue weighted by Crippen LogP contribution is -2.30. The van der Waals surface area contributed by atoms with Crippen LogP contribution in [0.25, 0.3) is 22.8 Å². The van der Waals surface area contributed by atoms with Crippen LogP contribution in [0.2, 0.25) is 0 Å². The Morgan fingerprint density at radius 3 is 2.25 bits per heavy atom. The first-order chi connectivity index (χ1) is 30.7. The first-order valence-electron chi connectivity index (χ1n) is 23.1. The molecule has 9 nitrogen and oxygen atoms in total. The number of hydrogen-bond donors (Lipinski definition) is 1. The molecule has 1 fully saturated rings. The number of carbonyl (C=O) groups is 1. The topological polar surface area (TPSA) is 132 Å². The smallest absolute Gasteiger partial charge is 0.323 e. The summed E-state index contributed by atoms with van der Waals surface area (Å²) in [5.74, 6) is -0.867. The van der Waals surface area contributed by atoms with Gasteiger partial charge >= 0.3 is 5.97 Å². The predicted molar refractivity (Wildman–Crippen MR) is 254 cm³/mol. The third-order valence-corrected chi connectivity index (χ3v) is 16.2. The molecule has 1 N–H and O–H groups in total. The van der Waals surface area contributed by atoms with Crippen molar-refractivity contribution >= 4 is 51.7 Å². The molecule has 1 saturated carbocycles. The standard InChI is InChI=1S/C52H57N5O4S2/c1-4-7-10-11-12-15-27-55-49(61)47(63-50(55)35(31-53)32-54)51-56(33-46(58)59)48(60)45(62-51)29-34-21-24-44-40(28-34)39-18-16-20-43(39)57(44)36-22-23-38-37-17-13-14-19-41(37)52(25-8-5-2,26-9-6-3)42(38)30-36/h13-14,17,19,21-24,28-30,39,43H,4-12,15-16,18,20,25-27,33H2,1-3H3,(H,58,59)/b45-29+,51-47+. The third-order valence-electron chi connectivity index (χ3n) is 13.7. The van der Waals surface area contributed by atoms with E-state index < -0.39 is 23.6 Å². The van der Waals surface area contributed by atoms with Gasteiger partial charge < -0.3 is 10.0 Å². The molecular formula is C52H57N5O4S2. The molecular weight excluding hydrogens is 823 g/mol. The lowest BCUT2D eigenvalue weighted by molar-refractivity contribution is -0.137. The third kappa shape index (κ3) is 8.15. The monoisotopic (exact) mass is 879 g/mol. The number of carboxylic acid groups (broad SMARTS) is 1. The fourth-order valence-corrected chi connectivity index (χ4v) is 13.1. The molecule has 2 atom stereocenters. The minimum Gasteiger partial charge on any atom is -0.480 e. The summed E-state index contributed by atoms with van der Waals surface area (Å²) in [6, 6.07) is 26.9. The Morgan fingerprint density at radius 2 is 1.52 bits per heavy atom. The average Bonchev–Trinajstić information content (AvgIpc) is 4.09. The zero-order valence-electron chi connectivity index (χ0n) is 36.8. The largest absolute Gasteiger partial charge is 0.480 e. The van der Waals surface area contributed by atoms with E-state index >= 15 is 0 Å². The Hall–Kier alpha value is -5.49. The minimum absolute atomic E-state index is 0.00479. The first-order valence-corrected chi connectivity index (χ1v) is 24.7. The molecule has 2 aliphatic carbocycles. The predicted octanol–water partition coefficient (Wildman–Crippen LogP) is 10.3. The molecule has 1 aliphatic heterocycles. The Morgan fingerprint density at radius 1 is 0.810 bits per heavy atom. The Bertz CT molecular complexity index is 2950. The SMILES string of the molecule is CCCCCCCCn1c(=C(C#N)C#N)s/c(=c2/s/c(=C/c3ccc4c(c3)C3CCCC3N4c3ccc4c(c3)C(CCCC)(CCCC)c3ccccc3-4)c(=O)n2CC(=O)O)c1=O. The van der Waals surface area contributed by atoms with E-state index in [0.717, 1.165) is 110 Å². The van der Waals surface area contributed by atoms with Crippen LogP contribution in [0.1, 0.15) is 145 Å². The second-order valence-electron chi connectivity index (χ2n) is 17.6. The van der Waals surface area contributed by atoms with Crippen LogP contribution in [-0.2, 0) is 23.3 Å². The highest BCUT2D eigenvalue weighted by Crippen LogP contribution is 2.57. The number of benzene rings is 3. The highest BCUT2D eigenvalue weighted by atomic mass is 32.1. The van der Waals surface area contributed by atoms with Crippen LogP contribution in [0.3, 0.4) is 0 Å². The van der Waals surface area contributed by atoms with Gasteiger partial charge in [0, 0.05) is 35.3 Å². The van der Waals surface area contributed by atoms with E-state index in [1.165, 1.54) is 56.6 Å². The fraction of sp³-hybridized carbons (Fsp3) is 0.442. The molecule has 3 heterocycles. The van der Waals surface area contributed by atoms with Crippen molar-refractivity contribution in [3.8, 4) is 23.3 Å². The van der Waals surface area contributed by atoms with Crippen LogP contribution in [-0.4, -0.2) is 26.3 Å². The maximum absolute atomic E-state index is 14.1. The number of hydrogen-bond acceptors (Lipinski definition) is 8. The van der Waals surface area contributed by atoms with Crippen molar-refractivity contribution in [2.75, 3.05) is 4.90 Å². The van der Waals surface area contributed by atoms with E-state index in [4.69, 9.17) is 0 Å². The maximum atomic E-state index is 14.1. The molecule has 0 saturated heterocycles. The summed E-state index contributed by atoms with van der Waals surface area (Å²) in [7, 11) is 0. The van der Waals surface area contributed by atoms with Crippen molar-refractivity contribution in [1.29, 1.82) is 10.5 Å². The minimum atomic E-state index is -1.21. The van der Waals surface area contributed by atoms with Crippen LogP contribution in [0.15, 0.2) is 70.3 Å². The number of fused-ring (bicyclic) bond motifs is 6. The van der Waals surface area contributed by atoms with Gasteiger partial charge in [-0.15, -0.1) is 22.7 Å². The molecule has 0 radical (unpaired) electrons. The highest BCUT2D eigenvalue weighted by molar-refractivity contribution is 7.11. The molecule has 5 aromatic rings. The fourth-order valence-electron chi connectivity index (χ4n) is 10.7. The molecule has 3 aliphatic rings. The van der Waals surface area contributed by atoms with Gasteiger partial charge in [-0.2, -0.15) is 10.5 Å². The van der Waals surface area contributed by atoms with E-state index in [0.29, 0.717) is 29.5 Å². The molecule has 2 unspecified atom stereocenters. The Balaban J connectivity index is 1.22. The van der Waals surface area contributed by atoms with Gasteiger partial charge in [0.25, 0.3) is 11.1 Å². The number of nitrogens with zero attached hydrogens (tertiary/aromatic N) is 5. The van der Waals surface area contributed by atoms with Crippen LogP contribution in [0, 0.1) is 31.9 Å². The normalized spacial score (nSPS) is 17.5. The quantitative estimate of drug-likeness (QED) is 0.0920. The molecule has 0 spiro atoms. The summed E-state index contributed by atoms with van der Waals surface area (Å²) in [4.78, 5) is 43.0. The number of carboxylic acids is 1. The summed E-state index contributed by atoms with van der Waals surface area (Å²) in [5, 5.41) is 29.6. The lowest BCUT2D eigenvalue weighted by atomic mass is 9.71. The summed E-state index contributed by atoms with van der Waals surface area (Å²) in [5.41, 5.74) is 9.10. The number of rotatable bonds is 17. The summed E-state index contributed by atoms with van der Waals surface area (Å²) < 4.78 is 3.54. The average molecular weight is 880 g/mol. The summed E-state index contributed by atoms with van der Waals surface area (Å²) in [6.45, 7) is 6.43. The number of nitriles is 2. The molecule has 3 aromatic carbocycles. The molecule has 0 bridgehead atoms. The zero-order chi connectivity index (χ0) is 44.3. The van der Waals surface area contributed by atoms with Gasteiger partial charge in [-0.1, -0.05) is 121 Å². The zero-order valence-corrected chi connectivity index (χ0v) is 38.4. The van der Waals surface area contributed by atoms with E-state index in [2.05, 4.69) is 80.3 Å². The lowest BCUT2D eigenvalue weighted by Gasteiger charge is -2.34. The van der Waals surface area contributed by atoms with E-state index in [1.807, 2.05) is 24.3 Å². The van der Waals surface area contributed by atoms with Crippen LogP contribution < -0.4 is 25.2 Å². The maximum Gasteiger partial charge on any atom is 0.323 e. The van der Waals surface area contributed by atoms with Gasteiger partial charge in [-0.3, -0.25) is 23.5 Å². The van der Waals surface area contributed by atoms with Crippen molar-refractivity contribution in [2.24, 2.45) is 0 Å². The van der Waals surface area contributed by atoms with E-state index in [9.17, 15) is 30.0 Å². The molecule has 326 valence electrons. The van der Waals surface area contributed by atoms with Crippen LogP contribution >= 0.6 is 22.7 Å². The molecule has 0 amide bonds. The van der Waals surface area contributed by atoms with Gasteiger partial charge in [0.15, 0.2) is 5.57 Å². The molecule has 11 heteroatoms. The Kier molecular flexibility index (Phi) is 13.4. The summed E-state index contributed by atoms with van der Waals surface area (Å²) >= 11 is 2.07. The van der Waals surface area contributed by atoms with Crippen LogP contribution in [0.5, 0.6) is 0 Å². The van der Waals surface area contributed by atoms with E-state index in [-0.39, 0.29) is 24.8 Å². The van der Waals surface area contributed by atoms with Crippen molar-refractivity contribution in [2.45, 2.75) is 148 Å². The summed E-state index contributed by atoms with van der Waals surface area (Å²) in [6.07, 6.45) is 18.1. The molecule has 8 rings (SSSR count). The highest BCUT2D eigenvalue weighted by Gasteiger charge is 2.45. The molecule has 63 heavy (non-hydrogen) atoms. The number of aliphatic carboxylic acids is 1. The first kappa shape index (κ1) is 44.1. The van der Waals surface area contributed by atoms with Gasteiger partial charge in [-0.05, 0) is 95.8 Å². The van der Waals surface area contributed by atoms with Crippen molar-refractivity contribution in [3.05, 3.63) is 122 Å². The van der Waals surface area contributed by atoms with Gasteiger partial charge in [0.05, 0.1) is 4.53 Å². The van der Waals surface area contributed by atoms with E-state index in [1.54, 1.807) is 0 Å². The van der Waals surface area contributed by atoms with Gasteiger partial charge in [0.2, 0.25) is 0 Å². The number of unbranched alkanes of at least 4 members (excludes halogenated alkanes) is 7. The number of thiazole rings is 2. The second kappa shape index (κ2) is 19.1. The number of aromatic nitrogens is 2. The van der Waals surface area contributed by atoms with Crippen molar-refractivity contribution in [1.82, 2.24) is 9.13 Å². The van der Waals surface area contributed by atoms with Crippen molar-refractivity contribution < 1.29 is 9.90 Å². The van der Waals surface area contributed by atoms with Crippen LogP contribution in [0.4, 0.5) is 11.4 Å². The Labute approximate surface area is 377 Å². The number of anilines is 2. The van der Waals surface area contributed by atoms with Gasteiger partial charge in [-0.25, -0.2) is 0 Å². The van der Waals surface area contributed by atoms with Gasteiger partial charge in [0.1, 0.15) is 32.5 Å².